The van der Waals surface area contributed by atoms with Crippen LogP contribution in [0.25, 0.3) is 0 Å². The van der Waals surface area contributed by atoms with Gasteiger partial charge in [-0.3, -0.25) is 4.79 Å². The van der Waals surface area contributed by atoms with Crippen LogP contribution in [-0.4, -0.2) is 32.1 Å². The molecule has 4 unspecified atom stereocenters. The maximum absolute atomic E-state index is 12.4. The highest BCUT2D eigenvalue weighted by atomic mass is 16.5. The molecule has 138 valence electrons. The van der Waals surface area contributed by atoms with Crippen molar-refractivity contribution < 1.29 is 9.53 Å². The summed E-state index contributed by atoms with van der Waals surface area (Å²) in [5.74, 6) is 1.64. The Morgan fingerprint density at radius 1 is 1.28 bits per heavy atom. The van der Waals surface area contributed by atoms with E-state index < -0.39 is 0 Å². The second kappa shape index (κ2) is 9.35. The van der Waals surface area contributed by atoms with Gasteiger partial charge in [-0.2, -0.15) is 0 Å². The Kier molecular flexibility index (Phi) is 6.88. The van der Waals surface area contributed by atoms with E-state index in [-0.39, 0.29) is 12.0 Å². The van der Waals surface area contributed by atoms with E-state index in [0.717, 1.165) is 32.5 Å². The van der Waals surface area contributed by atoms with Crippen LogP contribution in [-0.2, 0) is 9.53 Å². The smallest absolute Gasteiger partial charge is 0.220 e. The molecule has 0 spiro atoms. The number of rotatable bonds is 6. The molecule has 3 rings (SSSR count). The Morgan fingerprint density at radius 2 is 2.12 bits per heavy atom. The molecule has 1 amide bonds. The van der Waals surface area contributed by atoms with Crippen LogP contribution in [0.1, 0.15) is 50.7 Å². The zero-order valence-electron chi connectivity index (χ0n) is 15.4. The summed E-state index contributed by atoms with van der Waals surface area (Å²) in [6.45, 7) is 5.93. The largest absolute Gasteiger partial charge is 0.373 e. The van der Waals surface area contributed by atoms with Crippen molar-refractivity contribution in [3.05, 3.63) is 35.9 Å². The summed E-state index contributed by atoms with van der Waals surface area (Å²) >= 11 is 0. The van der Waals surface area contributed by atoms with Gasteiger partial charge >= 0.3 is 0 Å². The lowest BCUT2D eigenvalue weighted by atomic mass is 9.85. The summed E-state index contributed by atoms with van der Waals surface area (Å²) in [4.78, 5) is 12.4. The lowest BCUT2D eigenvalue weighted by Gasteiger charge is -2.32. The number of piperidine rings is 1. The first-order valence-corrected chi connectivity index (χ1v) is 9.88. The summed E-state index contributed by atoms with van der Waals surface area (Å²) in [7, 11) is 0. The number of hydrogen-bond donors (Lipinski definition) is 2. The molecule has 2 fully saturated rings. The lowest BCUT2D eigenvalue weighted by molar-refractivity contribution is -0.123. The van der Waals surface area contributed by atoms with Gasteiger partial charge in [0.2, 0.25) is 5.91 Å². The van der Waals surface area contributed by atoms with Gasteiger partial charge in [0.15, 0.2) is 0 Å². The van der Waals surface area contributed by atoms with Gasteiger partial charge in [-0.05, 0) is 56.2 Å². The van der Waals surface area contributed by atoms with Crippen molar-refractivity contribution >= 4 is 5.91 Å². The zero-order chi connectivity index (χ0) is 17.5. The van der Waals surface area contributed by atoms with Crippen molar-refractivity contribution in [1.82, 2.24) is 10.6 Å². The molecule has 4 atom stereocenters. The average Bonchev–Trinajstić information content (AvgIpc) is 2.68. The zero-order valence-corrected chi connectivity index (χ0v) is 15.4. The van der Waals surface area contributed by atoms with Crippen LogP contribution in [0.5, 0.6) is 0 Å². The summed E-state index contributed by atoms with van der Waals surface area (Å²) in [5, 5.41) is 6.63. The van der Waals surface area contributed by atoms with E-state index in [0.29, 0.717) is 30.7 Å². The maximum atomic E-state index is 12.4. The van der Waals surface area contributed by atoms with Crippen LogP contribution in [0.4, 0.5) is 0 Å². The predicted molar refractivity (Wildman–Crippen MR) is 100 cm³/mol. The first-order chi connectivity index (χ1) is 12.2. The van der Waals surface area contributed by atoms with E-state index in [1.54, 1.807) is 0 Å². The molecule has 1 aromatic carbocycles. The van der Waals surface area contributed by atoms with Gasteiger partial charge in [0, 0.05) is 25.5 Å². The van der Waals surface area contributed by atoms with Gasteiger partial charge in [0.1, 0.15) is 0 Å². The SMILES string of the molecule is CC(CC(=O)NCC1CCCOC1c1ccccc1)C1CCCNC1. The summed E-state index contributed by atoms with van der Waals surface area (Å²) in [6.07, 6.45) is 5.41. The highest BCUT2D eigenvalue weighted by Gasteiger charge is 2.28. The Labute approximate surface area is 151 Å². The van der Waals surface area contributed by atoms with Crippen LogP contribution < -0.4 is 10.6 Å². The fraction of sp³-hybridized carbons (Fsp3) is 0.667. The monoisotopic (exact) mass is 344 g/mol. The van der Waals surface area contributed by atoms with Gasteiger partial charge in [0.25, 0.3) is 0 Å². The Balaban J connectivity index is 1.48. The molecular weight excluding hydrogens is 312 g/mol. The molecule has 0 radical (unpaired) electrons. The van der Waals surface area contributed by atoms with Crippen molar-refractivity contribution in [2.24, 2.45) is 17.8 Å². The highest BCUT2D eigenvalue weighted by molar-refractivity contribution is 5.76. The molecule has 0 bridgehead atoms. The fourth-order valence-corrected chi connectivity index (χ4v) is 4.20. The third-order valence-corrected chi connectivity index (χ3v) is 5.78. The highest BCUT2D eigenvalue weighted by Crippen LogP contribution is 2.33. The first kappa shape index (κ1) is 18.4. The number of ether oxygens (including phenoxy) is 1. The maximum Gasteiger partial charge on any atom is 0.220 e. The second-order valence-electron chi connectivity index (χ2n) is 7.70. The molecule has 4 nitrogen and oxygen atoms in total. The van der Waals surface area contributed by atoms with Crippen molar-refractivity contribution in [3.63, 3.8) is 0 Å². The molecule has 2 heterocycles. The summed E-state index contributed by atoms with van der Waals surface area (Å²) in [6, 6.07) is 10.4. The molecular formula is C21H32N2O2. The molecule has 4 heteroatoms. The minimum Gasteiger partial charge on any atom is -0.373 e. The van der Waals surface area contributed by atoms with E-state index in [9.17, 15) is 4.79 Å². The molecule has 1 aromatic rings. The lowest BCUT2D eigenvalue weighted by Crippen LogP contribution is -2.38. The van der Waals surface area contributed by atoms with Crippen molar-refractivity contribution in [2.75, 3.05) is 26.2 Å². The predicted octanol–water partition coefficient (Wildman–Crippen LogP) is 3.30. The minimum atomic E-state index is 0.107. The van der Waals surface area contributed by atoms with E-state index >= 15 is 0 Å². The standard InChI is InChI=1S/C21H32N2O2/c1-16(18-9-5-11-22-14-18)13-20(24)23-15-19-10-6-12-25-21(19)17-7-3-2-4-8-17/h2-4,7-8,16,18-19,21-22H,5-6,9-15H2,1H3,(H,23,24). The Hall–Kier alpha value is -1.39. The van der Waals surface area contributed by atoms with Crippen molar-refractivity contribution in [2.45, 2.75) is 45.1 Å². The van der Waals surface area contributed by atoms with Crippen LogP contribution >= 0.6 is 0 Å². The summed E-state index contributed by atoms with van der Waals surface area (Å²) < 4.78 is 6.03. The van der Waals surface area contributed by atoms with E-state index in [2.05, 4.69) is 41.8 Å². The van der Waals surface area contributed by atoms with Gasteiger partial charge in [-0.25, -0.2) is 0 Å². The van der Waals surface area contributed by atoms with Gasteiger partial charge in [-0.15, -0.1) is 0 Å². The van der Waals surface area contributed by atoms with Crippen LogP contribution in [0, 0.1) is 17.8 Å². The summed E-state index contributed by atoms with van der Waals surface area (Å²) in [5.41, 5.74) is 1.23. The van der Waals surface area contributed by atoms with Gasteiger partial charge in [0.05, 0.1) is 6.10 Å². The van der Waals surface area contributed by atoms with E-state index in [1.807, 2.05) is 6.07 Å². The molecule has 0 aromatic heterocycles. The second-order valence-corrected chi connectivity index (χ2v) is 7.70. The average molecular weight is 344 g/mol. The molecule has 2 aliphatic heterocycles. The number of carbonyl (C=O) groups is 1. The van der Waals surface area contributed by atoms with Crippen molar-refractivity contribution in [1.29, 1.82) is 0 Å². The van der Waals surface area contributed by atoms with E-state index in [4.69, 9.17) is 4.74 Å². The van der Waals surface area contributed by atoms with Gasteiger partial charge in [-0.1, -0.05) is 37.3 Å². The quantitative estimate of drug-likeness (QED) is 0.832. The normalized spacial score (nSPS) is 28.3. The topological polar surface area (TPSA) is 50.4 Å². The van der Waals surface area contributed by atoms with Crippen LogP contribution in [0.2, 0.25) is 0 Å². The molecule has 25 heavy (non-hydrogen) atoms. The first-order valence-electron chi connectivity index (χ1n) is 9.88. The molecule has 0 aliphatic carbocycles. The molecule has 2 N–H and O–H groups in total. The Bertz CT molecular complexity index is 528. The van der Waals surface area contributed by atoms with Crippen molar-refractivity contribution in [3.8, 4) is 0 Å². The molecule has 2 aliphatic rings. The van der Waals surface area contributed by atoms with Crippen LogP contribution in [0.15, 0.2) is 30.3 Å². The number of benzene rings is 1. The Morgan fingerprint density at radius 3 is 2.88 bits per heavy atom. The number of hydrogen-bond acceptors (Lipinski definition) is 3. The number of nitrogens with one attached hydrogen (secondary N) is 2. The van der Waals surface area contributed by atoms with Crippen LogP contribution in [0.3, 0.4) is 0 Å². The number of carbonyl (C=O) groups excluding carboxylic acids is 1. The van der Waals surface area contributed by atoms with E-state index in [1.165, 1.54) is 18.4 Å². The number of amides is 1. The molecule has 0 saturated carbocycles. The fourth-order valence-electron chi connectivity index (χ4n) is 4.20. The third kappa shape index (κ3) is 5.29. The third-order valence-electron chi connectivity index (χ3n) is 5.78. The minimum absolute atomic E-state index is 0.107. The van der Waals surface area contributed by atoms with Gasteiger partial charge < -0.3 is 15.4 Å². The molecule has 2 saturated heterocycles.